The molecular formula is C17H19NO4. The molecule has 1 aliphatic heterocycles. The van der Waals surface area contributed by atoms with Gasteiger partial charge in [-0.2, -0.15) is 0 Å². The highest BCUT2D eigenvalue weighted by Crippen LogP contribution is 2.60. The van der Waals surface area contributed by atoms with Crippen LogP contribution in [0.15, 0.2) is 24.3 Å². The van der Waals surface area contributed by atoms with Crippen molar-refractivity contribution in [2.24, 2.45) is 11.3 Å². The molecule has 0 aromatic heterocycles. The van der Waals surface area contributed by atoms with Crippen LogP contribution in [0.1, 0.15) is 31.2 Å². The van der Waals surface area contributed by atoms with E-state index in [1.54, 1.807) is 0 Å². The van der Waals surface area contributed by atoms with Crippen LogP contribution in [0.25, 0.3) is 0 Å². The summed E-state index contributed by atoms with van der Waals surface area (Å²) in [6, 6.07) is 7.92. The Morgan fingerprint density at radius 1 is 1.27 bits per heavy atom. The van der Waals surface area contributed by atoms with Crippen LogP contribution in [0.4, 0.5) is 0 Å². The Morgan fingerprint density at radius 2 is 2.05 bits per heavy atom. The number of carbonyl (C=O) groups is 2. The molecule has 1 spiro atoms. The van der Waals surface area contributed by atoms with Gasteiger partial charge in [-0.05, 0) is 31.7 Å². The van der Waals surface area contributed by atoms with Gasteiger partial charge in [-0.1, -0.05) is 18.2 Å². The van der Waals surface area contributed by atoms with Gasteiger partial charge in [-0.15, -0.1) is 0 Å². The minimum atomic E-state index is -0.797. The minimum Gasteiger partial charge on any atom is -0.493 e. The maximum absolute atomic E-state index is 12.4. The first-order chi connectivity index (χ1) is 10.6. The first-order valence-electron chi connectivity index (χ1n) is 7.81. The molecule has 2 N–H and O–H groups in total. The van der Waals surface area contributed by atoms with Gasteiger partial charge >= 0.3 is 5.97 Å². The second-order valence-corrected chi connectivity index (χ2v) is 6.81. The average molecular weight is 301 g/mol. The number of carboxylic acid groups (broad SMARTS) is 1. The highest BCUT2D eigenvalue weighted by Gasteiger charge is 2.61. The van der Waals surface area contributed by atoms with Gasteiger partial charge in [-0.25, -0.2) is 0 Å². The summed E-state index contributed by atoms with van der Waals surface area (Å²) in [6.07, 6.45) is 3.01. The van der Waals surface area contributed by atoms with Crippen LogP contribution in [-0.4, -0.2) is 30.1 Å². The zero-order valence-corrected chi connectivity index (χ0v) is 12.3. The van der Waals surface area contributed by atoms with Crippen molar-refractivity contribution in [3.63, 3.8) is 0 Å². The summed E-state index contributed by atoms with van der Waals surface area (Å²) in [5, 5.41) is 12.0. The second-order valence-electron chi connectivity index (χ2n) is 6.81. The van der Waals surface area contributed by atoms with Gasteiger partial charge < -0.3 is 15.2 Å². The third-order valence-electron chi connectivity index (χ3n) is 5.53. The van der Waals surface area contributed by atoms with E-state index in [-0.39, 0.29) is 23.8 Å². The van der Waals surface area contributed by atoms with Crippen molar-refractivity contribution in [1.82, 2.24) is 5.32 Å². The predicted molar refractivity (Wildman–Crippen MR) is 78.7 cm³/mol. The second kappa shape index (κ2) is 4.48. The van der Waals surface area contributed by atoms with Gasteiger partial charge in [0.25, 0.3) is 0 Å². The average Bonchev–Trinajstić information content (AvgIpc) is 3.41. The van der Waals surface area contributed by atoms with E-state index < -0.39 is 11.4 Å². The maximum Gasteiger partial charge on any atom is 0.311 e. The molecule has 1 aromatic rings. The standard InChI is InChI=1S/C17H19NO4/c19-14(18-10-16(5-6-16)15(20)21)12-9-17(12)7-8-22-13-4-2-1-3-11(13)17/h1-4,12H,5-10H2,(H,18,19)(H,20,21)/t12-,17-/m0/s1. The largest absolute Gasteiger partial charge is 0.493 e. The molecule has 22 heavy (non-hydrogen) atoms. The summed E-state index contributed by atoms with van der Waals surface area (Å²) in [7, 11) is 0. The molecule has 1 heterocycles. The Hall–Kier alpha value is -2.04. The van der Waals surface area contributed by atoms with Crippen LogP contribution in [-0.2, 0) is 15.0 Å². The van der Waals surface area contributed by atoms with Crippen molar-refractivity contribution >= 4 is 11.9 Å². The number of hydrogen-bond donors (Lipinski definition) is 2. The molecule has 1 amide bonds. The lowest BCUT2D eigenvalue weighted by atomic mass is 9.87. The van der Waals surface area contributed by atoms with Gasteiger partial charge in [0.2, 0.25) is 5.91 Å². The Kier molecular flexibility index (Phi) is 2.77. The first-order valence-corrected chi connectivity index (χ1v) is 7.81. The molecule has 5 nitrogen and oxygen atoms in total. The molecule has 0 radical (unpaired) electrons. The molecule has 1 aromatic carbocycles. The third kappa shape index (κ3) is 1.91. The van der Waals surface area contributed by atoms with Crippen LogP contribution in [0.2, 0.25) is 0 Å². The van der Waals surface area contributed by atoms with Crippen molar-refractivity contribution < 1.29 is 19.4 Å². The molecule has 2 aliphatic carbocycles. The van der Waals surface area contributed by atoms with E-state index in [0.717, 1.165) is 24.2 Å². The van der Waals surface area contributed by atoms with E-state index in [1.165, 1.54) is 0 Å². The van der Waals surface area contributed by atoms with E-state index in [9.17, 15) is 14.7 Å². The summed E-state index contributed by atoms with van der Waals surface area (Å²) in [5.74, 6) is 0.0225. The number of para-hydroxylation sites is 1. The summed E-state index contributed by atoms with van der Waals surface area (Å²) < 4.78 is 5.67. The zero-order valence-electron chi connectivity index (χ0n) is 12.3. The van der Waals surface area contributed by atoms with E-state index in [0.29, 0.717) is 19.4 Å². The number of carbonyl (C=O) groups excluding carboxylic acids is 1. The highest BCUT2D eigenvalue weighted by molar-refractivity contribution is 5.86. The van der Waals surface area contributed by atoms with Crippen LogP contribution in [0, 0.1) is 11.3 Å². The lowest BCUT2D eigenvalue weighted by Crippen LogP contribution is -2.37. The number of aliphatic carboxylic acids is 1. The fourth-order valence-corrected chi connectivity index (χ4v) is 3.70. The number of benzene rings is 1. The van der Waals surface area contributed by atoms with Crippen LogP contribution >= 0.6 is 0 Å². The molecule has 2 atom stereocenters. The van der Waals surface area contributed by atoms with Crippen LogP contribution in [0.3, 0.4) is 0 Å². The molecule has 3 aliphatic rings. The highest BCUT2D eigenvalue weighted by atomic mass is 16.5. The fourth-order valence-electron chi connectivity index (χ4n) is 3.70. The lowest BCUT2D eigenvalue weighted by molar-refractivity contribution is -0.143. The number of carboxylic acids is 1. The van der Waals surface area contributed by atoms with Gasteiger partial charge in [-0.3, -0.25) is 9.59 Å². The van der Waals surface area contributed by atoms with Gasteiger partial charge in [0.1, 0.15) is 5.75 Å². The van der Waals surface area contributed by atoms with Crippen LogP contribution < -0.4 is 10.1 Å². The van der Waals surface area contributed by atoms with E-state index >= 15 is 0 Å². The molecule has 2 saturated carbocycles. The minimum absolute atomic E-state index is 0.00997. The monoisotopic (exact) mass is 301 g/mol. The maximum atomic E-state index is 12.4. The predicted octanol–water partition coefficient (Wildman–Crippen LogP) is 1.71. The topological polar surface area (TPSA) is 75.6 Å². The number of nitrogens with one attached hydrogen (secondary N) is 1. The van der Waals surface area contributed by atoms with E-state index in [2.05, 4.69) is 5.32 Å². The van der Waals surface area contributed by atoms with E-state index in [1.807, 2.05) is 24.3 Å². The summed E-state index contributed by atoms with van der Waals surface area (Å²) in [5.41, 5.74) is 0.324. The van der Waals surface area contributed by atoms with E-state index in [4.69, 9.17) is 4.74 Å². The number of amides is 1. The Bertz CT molecular complexity index is 652. The Balaban J connectivity index is 1.46. The Labute approximate surface area is 128 Å². The zero-order chi connectivity index (χ0) is 15.4. The quantitative estimate of drug-likeness (QED) is 0.887. The summed E-state index contributed by atoms with van der Waals surface area (Å²) in [4.78, 5) is 23.6. The number of fused-ring (bicyclic) bond motifs is 2. The number of ether oxygens (including phenoxy) is 1. The Morgan fingerprint density at radius 3 is 2.77 bits per heavy atom. The summed E-state index contributed by atoms with van der Waals surface area (Å²) in [6.45, 7) is 0.895. The summed E-state index contributed by atoms with van der Waals surface area (Å²) >= 11 is 0. The fraction of sp³-hybridized carbons (Fsp3) is 0.529. The molecule has 5 heteroatoms. The number of rotatable bonds is 4. The molecule has 4 rings (SSSR count). The van der Waals surface area contributed by atoms with Crippen molar-refractivity contribution in [2.75, 3.05) is 13.2 Å². The number of hydrogen-bond acceptors (Lipinski definition) is 3. The molecule has 116 valence electrons. The van der Waals surface area contributed by atoms with Crippen molar-refractivity contribution in [3.05, 3.63) is 29.8 Å². The SMILES string of the molecule is O=C(NCC1(C(=O)O)CC1)[C@@H]1C[C@]12CCOc1ccccc12. The first kappa shape index (κ1) is 13.6. The van der Waals surface area contributed by atoms with Crippen molar-refractivity contribution in [1.29, 1.82) is 0 Å². The molecule has 0 unspecified atom stereocenters. The normalized spacial score (nSPS) is 30.1. The van der Waals surface area contributed by atoms with Gasteiger partial charge in [0.05, 0.1) is 12.0 Å². The van der Waals surface area contributed by atoms with Gasteiger partial charge in [0.15, 0.2) is 0 Å². The van der Waals surface area contributed by atoms with Gasteiger partial charge in [0, 0.05) is 23.4 Å². The molecular weight excluding hydrogens is 282 g/mol. The molecule has 0 bridgehead atoms. The van der Waals surface area contributed by atoms with Crippen molar-refractivity contribution in [2.45, 2.75) is 31.1 Å². The molecule has 2 fully saturated rings. The molecule has 0 saturated heterocycles. The smallest absolute Gasteiger partial charge is 0.311 e. The lowest BCUT2D eigenvalue weighted by Gasteiger charge is -2.26. The van der Waals surface area contributed by atoms with Crippen LogP contribution in [0.5, 0.6) is 5.75 Å². The van der Waals surface area contributed by atoms with Crippen molar-refractivity contribution in [3.8, 4) is 5.75 Å². The third-order valence-corrected chi connectivity index (χ3v) is 5.53.